The van der Waals surface area contributed by atoms with Crippen molar-refractivity contribution < 1.29 is 4.79 Å². The molecule has 0 bridgehead atoms. The summed E-state index contributed by atoms with van der Waals surface area (Å²) in [5.41, 5.74) is 3.35. The van der Waals surface area contributed by atoms with Gasteiger partial charge in [0.1, 0.15) is 6.29 Å². The maximum atomic E-state index is 11.2. The molecule has 1 aromatic heterocycles. The molecule has 0 N–H and O–H groups in total. The zero-order valence-corrected chi connectivity index (χ0v) is 9.84. The van der Waals surface area contributed by atoms with Crippen molar-refractivity contribution in [3.05, 3.63) is 65.5 Å². The average Bonchev–Trinajstić information content (AvgIpc) is 2.38. The number of hydrogen-bond acceptors (Lipinski definition) is 2. The molecular formula is C15H15NO. The molecule has 0 saturated carbocycles. The van der Waals surface area contributed by atoms with Gasteiger partial charge in [-0.3, -0.25) is 4.98 Å². The molecule has 0 saturated heterocycles. The van der Waals surface area contributed by atoms with Crippen LogP contribution in [0.2, 0.25) is 0 Å². The number of rotatable bonds is 4. The molecule has 0 aliphatic carbocycles. The minimum atomic E-state index is -0.0830. The van der Waals surface area contributed by atoms with E-state index in [-0.39, 0.29) is 5.92 Å². The summed E-state index contributed by atoms with van der Waals surface area (Å²) in [5, 5.41) is 0. The van der Waals surface area contributed by atoms with Gasteiger partial charge in [0.25, 0.3) is 0 Å². The van der Waals surface area contributed by atoms with Crippen LogP contribution in [0.15, 0.2) is 48.8 Å². The van der Waals surface area contributed by atoms with Gasteiger partial charge >= 0.3 is 0 Å². The van der Waals surface area contributed by atoms with Crippen LogP contribution >= 0.6 is 0 Å². The lowest BCUT2D eigenvalue weighted by molar-refractivity contribution is -0.109. The Bertz CT molecular complexity index is 493. The second-order valence-corrected chi connectivity index (χ2v) is 4.16. The number of carbonyl (C=O) groups excluding carboxylic acids is 1. The Kier molecular flexibility index (Phi) is 3.66. The molecule has 1 heterocycles. The molecule has 17 heavy (non-hydrogen) atoms. The summed E-state index contributed by atoms with van der Waals surface area (Å²) >= 11 is 0. The first-order valence-corrected chi connectivity index (χ1v) is 5.71. The number of aldehydes is 1. The van der Waals surface area contributed by atoms with E-state index in [9.17, 15) is 4.79 Å². The molecule has 2 nitrogen and oxygen atoms in total. The summed E-state index contributed by atoms with van der Waals surface area (Å²) < 4.78 is 0. The largest absolute Gasteiger partial charge is 0.303 e. The predicted molar refractivity (Wildman–Crippen MR) is 67.9 cm³/mol. The summed E-state index contributed by atoms with van der Waals surface area (Å²) in [7, 11) is 0. The number of hydrogen-bond donors (Lipinski definition) is 0. The Morgan fingerprint density at radius 2 is 2.06 bits per heavy atom. The minimum Gasteiger partial charge on any atom is -0.303 e. The topological polar surface area (TPSA) is 30.0 Å². The smallest absolute Gasteiger partial charge is 0.127 e. The van der Waals surface area contributed by atoms with Crippen molar-refractivity contribution in [3.63, 3.8) is 0 Å². The second-order valence-electron chi connectivity index (χ2n) is 4.16. The summed E-state index contributed by atoms with van der Waals surface area (Å²) in [6, 6.07) is 11.9. The van der Waals surface area contributed by atoms with Crippen LogP contribution in [-0.2, 0) is 11.2 Å². The van der Waals surface area contributed by atoms with Crippen LogP contribution in [0.25, 0.3) is 0 Å². The van der Waals surface area contributed by atoms with Gasteiger partial charge in [0.2, 0.25) is 0 Å². The normalized spacial score (nSPS) is 12.1. The monoisotopic (exact) mass is 225 g/mol. The van der Waals surface area contributed by atoms with Gasteiger partial charge in [-0.25, -0.2) is 0 Å². The Labute approximate surface area is 101 Å². The molecule has 1 aromatic carbocycles. The summed E-state index contributed by atoms with van der Waals surface area (Å²) in [4.78, 5) is 15.3. The van der Waals surface area contributed by atoms with Crippen molar-refractivity contribution in [1.29, 1.82) is 0 Å². The molecule has 0 aliphatic rings. The molecule has 86 valence electrons. The Hall–Kier alpha value is -1.96. The van der Waals surface area contributed by atoms with Gasteiger partial charge in [-0.2, -0.15) is 0 Å². The van der Waals surface area contributed by atoms with E-state index in [2.05, 4.69) is 4.98 Å². The van der Waals surface area contributed by atoms with Crippen molar-refractivity contribution in [3.8, 4) is 0 Å². The van der Waals surface area contributed by atoms with E-state index in [1.54, 1.807) is 6.20 Å². The van der Waals surface area contributed by atoms with Gasteiger partial charge in [0.05, 0.1) is 0 Å². The van der Waals surface area contributed by atoms with Crippen molar-refractivity contribution in [2.24, 2.45) is 0 Å². The highest BCUT2D eigenvalue weighted by molar-refractivity contribution is 5.64. The number of aryl methyl sites for hydroxylation is 1. The zero-order valence-electron chi connectivity index (χ0n) is 9.84. The van der Waals surface area contributed by atoms with E-state index in [1.807, 2.05) is 49.5 Å². The van der Waals surface area contributed by atoms with E-state index >= 15 is 0 Å². The summed E-state index contributed by atoms with van der Waals surface area (Å²) in [5.74, 6) is -0.0830. The van der Waals surface area contributed by atoms with Crippen LogP contribution in [-0.4, -0.2) is 11.3 Å². The number of pyridine rings is 1. The van der Waals surface area contributed by atoms with Crippen molar-refractivity contribution in [2.75, 3.05) is 0 Å². The molecule has 2 rings (SSSR count). The zero-order chi connectivity index (χ0) is 12.1. The van der Waals surface area contributed by atoms with Gasteiger partial charge < -0.3 is 4.79 Å². The van der Waals surface area contributed by atoms with Gasteiger partial charge in [0, 0.05) is 18.3 Å². The Morgan fingerprint density at radius 3 is 2.71 bits per heavy atom. The Morgan fingerprint density at radius 1 is 1.24 bits per heavy atom. The molecule has 0 amide bonds. The highest BCUT2D eigenvalue weighted by Gasteiger charge is 2.13. The predicted octanol–water partition coefficient (Wildman–Crippen LogP) is 2.92. The SMILES string of the molecule is Cc1ccccc1C(C=O)Cc1cccnc1. The molecule has 0 fully saturated rings. The lowest BCUT2D eigenvalue weighted by Crippen LogP contribution is -2.06. The molecule has 1 atom stereocenters. The lowest BCUT2D eigenvalue weighted by Gasteiger charge is -2.13. The van der Waals surface area contributed by atoms with Crippen molar-refractivity contribution >= 4 is 6.29 Å². The van der Waals surface area contributed by atoms with Crippen LogP contribution in [0.1, 0.15) is 22.6 Å². The number of benzene rings is 1. The first kappa shape index (κ1) is 11.5. The number of nitrogens with zero attached hydrogens (tertiary/aromatic N) is 1. The van der Waals surface area contributed by atoms with Gasteiger partial charge in [0.15, 0.2) is 0 Å². The fourth-order valence-corrected chi connectivity index (χ4v) is 2.01. The average molecular weight is 225 g/mol. The van der Waals surface area contributed by atoms with E-state index in [0.717, 1.165) is 23.0 Å². The molecule has 0 spiro atoms. The fourth-order valence-electron chi connectivity index (χ4n) is 2.01. The number of aromatic nitrogens is 1. The van der Waals surface area contributed by atoms with Gasteiger partial charge in [-0.15, -0.1) is 0 Å². The molecule has 0 aliphatic heterocycles. The van der Waals surface area contributed by atoms with Crippen molar-refractivity contribution in [1.82, 2.24) is 4.98 Å². The van der Waals surface area contributed by atoms with Gasteiger partial charge in [-0.1, -0.05) is 30.3 Å². The summed E-state index contributed by atoms with van der Waals surface area (Å²) in [6.45, 7) is 2.04. The van der Waals surface area contributed by atoms with Crippen molar-refractivity contribution in [2.45, 2.75) is 19.3 Å². The minimum absolute atomic E-state index is 0.0830. The third-order valence-corrected chi connectivity index (χ3v) is 2.93. The van der Waals surface area contributed by atoms with Gasteiger partial charge in [-0.05, 0) is 36.1 Å². The summed E-state index contributed by atoms with van der Waals surface area (Å²) in [6.07, 6.45) is 5.29. The number of carbonyl (C=O) groups is 1. The molecule has 1 unspecified atom stereocenters. The lowest BCUT2D eigenvalue weighted by atomic mass is 9.91. The maximum absolute atomic E-state index is 11.2. The third kappa shape index (κ3) is 2.78. The molecule has 2 aromatic rings. The first-order valence-electron chi connectivity index (χ1n) is 5.71. The molecule has 0 radical (unpaired) electrons. The Balaban J connectivity index is 2.24. The highest BCUT2D eigenvalue weighted by atomic mass is 16.1. The standard InChI is InChI=1S/C15H15NO/c1-12-5-2-3-7-15(12)14(11-17)9-13-6-4-8-16-10-13/h2-8,10-11,14H,9H2,1H3. The van der Waals surface area contributed by atoms with Crippen LogP contribution in [0.5, 0.6) is 0 Å². The van der Waals surface area contributed by atoms with Crippen LogP contribution < -0.4 is 0 Å². The second kappa shape index (κ2) is 5.39. The maximum Gasteiger partial charge on any atom is 0.127 e. The van der Waals surface area contributed by atoms with Crippen LogP contribution in [0, 0.1) is 6.92 Å². The van der Waals surface area contributed by atoms with E-state index < -0.39 is 0 Å². The highest BCUT2D eigenvalue weighted by Crippen LogP contribution is 2.21. The van der Waals surface area contributed by atoms with Crippen LogP contribution in [0.4, 0.5) is 0 Å². The van der Waals surface area contributed by atoms with E-state index in [0.29, 0.717) is 6.42 Å². The molecular weight excluding hydrogens is 210 g/mol. The van der Waals surface area contributed by atoms with Crippen LogP contribution in [0.3, 0.4) is 0 Å². The molecule has 2 heteroatoms. The third-order valence-electron chi connectivity index (χ3n) is 2.93. The van der Waals surface area contributed by atoms with E-state index in [4.69, 9.17) is 0 Å². The van der Waals surface area contributed by atoms with E-state index in [1.165, 1.54) is 0 Å². The fraction of sp³-hybridized carbons (Fsp3) is 0.200. The first-order chi connectivity index (χ1) is 8.31. The quantitative estimate of drug-likeness (QED) is 0.749.